The van der Waals surface area contributed by atoms with E-state index in [0.717, 1.165) is 11.3 Å². The summed E-state index contributed by atoms with van der Waals surface area (Å²) in [6.07, 6.45) is 3.26. The molecule has 3 aromatic rings. The molecule has 2 aromatic heterocycles. The number of anilines is 1. The molecule has 0 saturated heterocycles. The van der Waals surface area contributed by atoms with E-state index in [2.05, 4.69) is 20.8 Å². The third-order valence-corrected chi connectivity index (χ3v) is 3.48. The van der Waals surface area contributed by atoms with E-state index < -0.39 is 0 Å². The lowest BCUT2D eigenvalue weighted by molar-refractivity contribution is 0.159. The van der Waals surface area contributed by atoms with Crippen LogP contribution in [0.4, 0.5) is 10.5 Å². The number of methoxy groups -OCH3 is 1. The maximum absolute atomic E-state index is 12.2. The number of H-pyrrole nitrogens is 1. The van der Waals surface area contributed by atoms with Crippen LogP contribution in [0.2, 0.25) is 0 Å². The molecule has 7 nitrogen and oxygen atoms in total. The van der Waals surface area contributed by atoms with Crippen molar-refractivity contribution in [2.45, 2.75) is 6.04 Å². The first-order valence-corrected chi connectivity index (χ1v) is 7.46. The van der Waals surface area contributed by atoms with Gasteiger partial charge in [0, 0.05) is 19.0 Å². The molecule has 124 valence electrons. The van der Waals surface area contributed by atoms with Gasteiger partial charge in [0.1, 0.15) is 11.8 Å². The summed E-state index contributed by atoms with van der Waals surface area (Å²) < 4.78 is 10.4. The molecule has 1 aromatic carbocycles. The van der Waals surface area contributed by atoms with E-state index in [9.17, 15) is 4.79 Å². The molecular weight excluding hydrogens is 308 g/mol. The Bertz CT molecular complexity index is 752. The van der Waals surface area contributed by atoms with Gasteiger partial charge >= 0.3 is 6.03 Å². The van der Waals surface area contributed by atoms with Crippen molar-refractivity contribution in [2.24, 2.45) is 0 Å². The second-order valence-electron chi connectivity index (χ2n) is 5.17. The van der Waals surface area contributed by atoms with Crippen molar-refractivity contribution in [3.05, 3.63) is 60.7 Å². The Balaban J connectivity index is 1.61. The lowest BCUT2D eigenvalue weighted by atomic mass is 10.1. The summed E-state index contributed by atoms with van der Waals surface area (Å²) in [5.41, 5.74) is 2.60. The van der Waals surface area contributed by atoms with Crippen molar-refractivity contribution in [2.75, 3.05) is 19.0 Å². The Morgan fingerprint density at radius 1 is 1.29 bits per heavy atom. The number of carbonyl (C=O) groups excluding carboxylic acids is 1. The number of nitrogens with one attached hydrogen (secondary N) is 3. The number of hydrogen-bond acceptors (Lipinski definition) is 4. The van der Waals surface area contributed by atoms with Crippen molar-refractivity contribution in [3.8, 4) is 11.3 Å². The van der Waals surface area contributed by atoms with Crippen LogP contribution in [0.3, 0.4) is 0 Å². The van der Waals surface area contributed by atoms with Crippen LogP contribution in [-0.2, 0) is 4.74 Å². The molecule has 0 aliphatic rings. The number of urea groups is 1. The van der Waals surface area contributed by atoms with Gasteiger partial charge in [-0.05, 0) is 35.9 Å². The molecule has 1 atom stereocenters. The van der Waals surface area contributed by atoms with Crippen LogP contribution in [-0.4, -0.2) is 29.9 Å². The van der Waals surface area contributed by atoms with E-state index in [4.69, 9.17) is 9.15 Å². The van der Waals surface area contributed by atoms with E-state index >= 15 is 0 Å². The van der Waals surface area contributed by atoms with Crippen molar-refractivity contribution < 1.29 is 13.9 Å². The quantitative estimate of drug-likeness (QED) is 0.648. The third-order valence-electron chi connectivity index (χ3n) is 3.48. The van der Waals surface area contributed by atoms with Gasteiger partial charge in [-0.3, -0.25) is 5.10 Å². The number of ether oxygens (including phenoxy) is 1. The molecule has 0 saturated carbocycles. The zero-order chi connectivity index (χ0) is 16.8. The molecule has 7 heteroatoms. The topological polar surface area (TPSA) is 92.2 Å². The van der Waals surface area contributed by atoms with Crippen molar-refractivity contribution >= 4 is 11.7 Å². The Labute approximate surface area is 139 Å². The highest BCUT2D eigenvalue weighted by atomic mass is 16.5. The van der Waals surface area contributed by atoms with Crippen LogP contribution in [0.25, 0.3) is 11.3 Å². The number of rotatable bonds is 6. The summed E-state index contributed by atoms with van der Waals surface area (Å²) >= 11 is 0. The SMILES string of the molecule is COC[C@@H](NC(=O)Nc1ccc(-c2ccn[nH]2)cc1)c1ccco1. The van der Waals surface area contributed by atoms with Crippen LogP contribution in [0.5, 0.6) is 0 Å². The van der Waals surface area contributed by atoms with E-state index in [1.807, 2.05) is 30.3 Å². The van der Waals surface area contributed by atoms with Crippen molar-refractivity contribution in [1.82, 2.24) is 15.5 Å². The second kappa shape index (κ2) is 7.47. The van der Waals surface area contributed by atoms with Crippen LogP contribution in [0.15, 0.2) is 59.3 Å². The first-order valence-electron chi connectivity index (χ1n) is 7.46. The minimum Gasteiger partial charge on any atom is -0.467 e. The average molecular weight is 326 g/mol. The Kier molecular flexibility index (Phi) is 4.93. The number of aromatic amines is 1. The number of amides is 2. The van der Waals surface area contributed by atoms with Gasteiger partial charge in [0.25, 0.3) is 0 Å². The number of nitrogens with zero attached hydrogens (tertiary/aromatic N) is 1. The average Bonchev–Trinajstić information content (AvgIpc) is 3.29. The molecule has 0 aliphatic heterocycles. The van der Waals surface area contributed by atoms with Gasteiger partial charge in [-0.15, -0.1) is 0 Å². The molecule has 0 radical (unpaired) electrons. The molecule has 24 heavy (non-hydrogen) atoms. The fourth-order valence-corrected chi connectivity index (χ4v) is 2.33. The molecule has 0 spiro atoms. The predicted octanol–water partition coefficient (Wildman–Crippen LogP) is 3.18. The molecule has 2 heterocycles. The maximum Gasteiger partial charge on any atom is 0.319 e. The minimum absolute atomic E-state index is 0.319. The molecule has 0 aliphatic carbocycles. The summed E-state index contributed by atoms with van der Waals surface area (Å²) in [4.78, 5) is 12.2. The Morgan fingerprint density at radius 2 is 2.12 bits per heavy atom. The normalized spacial score (nSPS) is 11.9. The van der Waals surface area contributed by atoms with E-state index in [1.165, 1.54) is 0 Å². The molecule has 3 rings (SSSR count). The number of benzene rings is 1. The zero-order valence-corrected chi connectivity index (χ0v) is 13.2. The summed E-state index contributed by atoms with van der Waals surface area (Å²) in [6.45, 7) is 0.319. The van der Waals surface area contributed by atoms with Gasteiger partial charge in [-0.2, -0.15) is 5.10 Å². The standard InChI is InChI=1S/C17H18N4O3/c1-23-11-15(16-3-2-10-24-16)20-17(22)19-13-6-4-12(5-7-13)14-8-9-18-21-14/h2-10,15H,11H2,1H3,(H,18,21)(H2,19,20,22)/t15-/m1/s1. The summed E-state index contributed by atoms with van der Waals surface area (Å²) in [6, 6.07) is 12.2. The van der Waals surface area contributed by atoms with Crippen LogP contribution in [0.1, 0.15) is 11.8 Å². The van der Waals surface area contributed by atoms with Crippen molar-refractivity contribution in [3.63, 3.8) is 0 Å². The Morgan fingerprint density at radius 3 is 2.75 bits per heavy atom. The zero-order valence-electron chi connectivity index (χ0n) is 13.2. The highest BCUT2D eigenvalue weighted by molar-refractivity contribution is 5.89. The Hall–Kier alpha value is -3.06. The molecule has 2 amide bonds. The molecule has 0 fully saturated rings. The number of carbonyl (C=O) groups is 1. The summed E-state index contributed by atoms with van der Waals surface area (Å²) in [7, 11) is 1.57. The molecular formula is C17H18N4O3. The van der Waals surface area contributed by atoms with Gasteiger partial charge < -0.3 is 19.8 Å². The van der Waals surface area contributed by atoms with Gasteiger partial charge in [0.05, 0.1) is 18.6 Å². The van der Waals surface area contributed by atoms with Crippen molar-refractivity contribution in [1.29, 1.82) is 0 Å². The first-order chi connectivity index (χ1) is 11.8. The fraction of sp³-hybridized carbons (Fsp3) is 0.176. The predicted molar refractivity (Wildman–Crippen MR) is 89.5 cm³/mol. The van der Waals surface area contributed by atoms with Gasteiger partial charge in [-0.25, -0.2) is 4.79 Å². The molecule has 0 unspecified atom stereocenters. The fourth-order valence-electron chi connectivity index (χ4n) is 2.33. The van der Waals surface area contributed by atoms with Crippen LogP contribution >= 0.6 is 0 Å². The lowest BCUT2D eigenvalue weighted by Crippen LogP contribution is -2.34. The molecule has 0 bridgehead atoms. The van der Waals surface area contributed by atoms with Gasteiger partial charge in [-0.1, -0.05) is 12.1 Å². The smallest absolute Gasteiger partial charge is 0.319 e. The highest BCUT2D eigenvalue weighted by Gasteiger charge is 2.17. The lowest BCUT2D eigenvalue weighted by Gasteiger charge is -2.16. The number of aromatic nitrogens is 2. The van der Waals surface area contributed by atoms with E-state index in [-0.39, 0.29) is 12.1 Å². The maximum atomic E-state index is 12.2. The van der Waals surface area contributed by atoms with Gasteiger partial charge in [0.15, 0.2) is 0 Å². The summed E-state index contributed by atoms with van der Waals surface area (Å²) in [5, 5.41) is 12.4. The number of hydrogen-bond donors (Lipinski definition) is 3. The highest BCUT2D eigenvalue weighted by Crippen LogP contribution is 2.19. The molecule has 3 N–H and O–H groups in total. The van der Waals surface area contributed by atoms with Gasteiger partial charge in [0.2, 0.25) is 0 Å². The first kappa shape index (κ1) is 15.8. The third kappa shape index (κ3) is 3.82. The number of furan rings is 1. The van der Waals surface area contributed by atoms with Crippen LogP contribution < -0.4 is 10.6 Å². The summed E-state index contributed by atoms with van der Waals surface area (Å²) in [5.74, 6) is 0.640. The van der Waals surface area contributed by atoms with E-state index in [1.54, 1.807) is 31.7 Å². The second-order valence-corrected chi connectivity index (χ2v) is 5.17. The largest absolute Gasteiger partial charge is 0.467 e. The van der Waals surface area contributed by atoms with Crippen LogP contribution in [0, 0.1) is 0 Å². The monoisotopic (exact) mass is 326 g/mol. The minimum atomic E-state index is -0.353. The van der Waals surface area contributed by atoms with E-state index in [0.29, 0.717) is 18.1 Å².